The molecule has 0 unspecified atom stereocenters. The van der Waals surface area contributed by atoms with Gasteiger partial charge in [0.2, 0.25) is 0 Å². The number of carbonyl (C=O) groups excluding carboxylic acids is 1. The van der Waals surface area contributed by atoms with Crippen molar-refractivity contribution >= 4 is 22.6 Å². The number of para-hydroxylation sites is 2. The van der Waals surface area contributed by atoms with Gasteiger partial charge in [0.15, 0.2) is 6.10 Å². The van der Waals surface area contributed by atoms with Crippen molar-refractivity contribution < 1.29 is 14.3 Å². The molecule has 6 heteroatoms. The molecule has 1 aromatic heterocycles. The highest BCUT2D eigenvalue weighted by molar-refractivity contribution is 5.94. The average Bonchev–Trinajstić information content (AvgIpc) is 2.79. The molecule has 0 saturated carbocycles. The van der Waals surface area contributed by atoms with Crippen LogP contribution in [0.2, 0.25) is 0 Å². The second-order valence-electron chi connectivity index (χ2n) is 6.75. The molecule has 0 radical (unpaired) electrons. The minimum Gasteiger partial charge on any atom is -0.497 e. The van der Waals surface area contributed by atoms with Crippen molar-refractivity contribution in [2.45, 2.75) is 13.0 Å². The summed E-state index contributed by atoms with van der Waals surface area (Å²) in [6, 6.07) is 22.3. The van der Waals surface area contributed by atoms with E-state index in [0.29, 0.717) is 11.4 Å². The van der Waals surface area contributed by atoms with Crippen LogP contribution in [0.4, 0.5) is 5.69 Å². The fraction of sp³-hybridized carbons (Fsp3) is 0.125. The van der Waals surface area contributed by atoms with Crippen LogP contribution >= 0.6 is 0 Å². The van der Waals surface area contributed by atoms with E-state index in [1.165, 1.54) is 0 Å². The van der Waals surface area contributed by atoms with E-state index < -0.39 is 6.10 Å². The van der Waals surface area contributed by atoms with Crippen molar-refractivity contribution in [1.82, 2.24) is 9.97 Å². The highest BCUT2D eigenvalue weighted by atomic mass is 16.5. The number of anilines is 1. The van der Waals surface area contributed by atoms with E-state index in [9.17, 15) is 4.79 Å². The van der Waals surface area contributed by atoms with Crippen LogP contribution in [0.15, 0.2) is 79.0 Å². The summed E-state index contributed by atoms with van der Waals surface area (Å²) in [7, 11) is 1.60. The van der Waals surface area contributed by atoms with Gasteiger partial charge in [-0.15, -0.1) is 0 Å². The van der Waals surface area contributed by atoms with Crippen molar-refractivity contribution in [2.24, 2.45) is 0 Å². The molecule has 0 saturated heterocycles. The molecule has 150 valence electrons. The lowest BCUT2D eigenvalue weighted by atomic mass is 10.1. The lowest BCUT2D eigenvalue weighted by Crippen LogP contribution is -2.30. The molecule has 0 spiro atoms. The fourth-order valence-corrected chi connectivity index (χ4v) is 2.98. The maximum absolute atomic E-state index is 12.4. The highest BCUT2D eigenvalue weighted by Crippen LogP contribution is 2.23. The first-order valence-electron chi connectivity index (χ1n) is 9.56. The van der Waals surface area contributed by atoms with E-state index in [-0.39, 0.29) is 5.91 Å². The van der Waals surface area contributed by atoms with Gasteiger partial charge in [0.1, 0.15) is 11.5 Å². The molecule has 1 atom stereocenters. The Kier molecular flexibility index (Phi) is 5.57. The van der Waals surface area contributed by atoms with Gasteiger partial charge in [-0.2, -0.15) is 0 Å². The van der Waals surface area contributed by atoms with Crippen molar-refractivity contribution in [3.63, 3.8) is 0 Å². The number of amides is 1. The maximum Gasteiger partial charge on any atom is 0.265 e. The van der Waals surface area contributed by atoms with Gasteiger partial charge in [-0.1, -0.05) is 12.1 Å². The lowest BCUT2D eigenvalue weighted by Gasteiger charge is -2.15. The SMILES string of the molecule is COc1ccc(NC(=O)[C@H](C)Oc2ccc(-c3cnc4ccccc4n3)cc2)cc1. The van der Waals surface area contributed by atoms with Crippen molar-refractivity contribution in [1.29, 1.82) is 0 Å². The Balaban J connectivity index is 1.41. The predicted octanol–water partition coefficient (Wildman–Crippen LogP) is 4.71. The Labute approximate surface area is 174 Å². The van der Waals surface area contributed by atoms with E-state index >= 15 is 0 Å². The number of benzene rings is 3. The molecule has 0 fully saturated rings. The number of hydrogen-bond donors (Lipinski definition) is 1. The third-order valence-electron chi connectivity index (χ3n) is 4.64. The van der Waals surface area contributed by atoms with Gasteiger partial charge in [0.05, 0.1) is 30.0 Å². The van der Waals surface area contributed by atoms with Gasteiger partial charge in [-0.25, -0.2) is 4.98 Å². The van der Waals surface area contributed by atoms with Gasteiger partial charge in [-0.05, 0) is 67.6 Å². The second-order valence-corrected chi connectivity index (χ2v) is 6.75. The topological polar surface area (TPSA) is 73.3 Å². The summed E-state index contributed by atoms with van der Waals surface area (Å²) < 4.78 is 10.9. The number of rotatable bonds is 6. The van der Waals surface area contributed by atoms with Crippen molar-refractivity contribution in [3.05, 3.63) is 79.0 Å². The summed E-state index contributed by atoms with van der Waals surface area (Å²) in [4.78, 5) is 21.5. The van der Waals surface area contributed by atoms with Crippen molar-refractivity contribution in [2.75, 3.05) is 12.4 Å². The molecule has 0 bridgehead atoms. The van der Waals surface area contributed by atoms with Crippen LogP contribution in [-0.4, -0.2) is 29.1 Å². The zero-order valence-corrected chi connectivity index (χ0v) is 16.7. The highest BCUT2D eigenvalue weighted by Gasteiger charge is 2.15. The van der Waals surface area contributed by atoms with Gasteiger partial charge in [-0.3, -0.25) is 9.78 Å². The zero-order chi connectivity index (χ0) is 20.9. The van der Waals surface area contributed by atoms with Gasteiger partial charge in [0.25, 0.3) is 5.91 Å². The molecule has 0 aliphatic rings. The number of nitrogens with zero attached hydrogens (tertiary/aromatic N) is 2. The number of fused-ring (bicyclic) bond motifs is 1. The minimum absolute atomic E-state index is 0.232. The summed E-state index contributed by atoms with van der Waals surface area (Å²) in [5.74, 6) is 1.10. The van der Waals surface area contributed by atoms with Crippen LogP contribution in [-0.2, 0) is 4.79 Å². The molecule has 6 nitrogen and oxygen atoms in total. The largest absolute Gasteiger partial charge is 0.497 e. The first kappa shape index (κ1) is 19.4. The molecular weight excluding hydrogens is 378 g/mol. The number of ether oxygens (including phenoxy) is 2. The zero-order valence-electron chi connectivity index (χ0n) is 16.7. The molecule has 1 amide bonds. The standard InChI is InChI=1S/C24H21N3O3/c1-16(24(28)26-18-9-13-19(29-2)14-10-18)30-20-11-7-17(8-12-20)23-15-25-21-5-3-4-6-22(21)27-23/h3-16H,1-2H3,(H,26,28)/t16-/m0/s1. The monoisotopic (exact) mass is 399 g/mol. The minimum atomic E-state index is -0.654. The average molecular weight is 399 g/mol. The smallest absolute Gasteiger partial charge is 0.265 e. The van der Waals surface area contributed by atoms with Crippen molar-refractivity contribution in [3.8, 4) is 22.8 Å². The molecule has 1 heterocycles. The number of carbonyl (C=O) groups is 1. The van der Waals surface area contributed by atoms with Crippen LogP contribution in [0.3, 0.4) is 0 Å². The summed E-state index contributed by atoms with van der Waals surface area (Å²) >= 11 is 0. The van der Waals surface area contributed by atoms with E-state index in [1.54, 1.807) is 44.5 Å². The van der Waals surface area contributed by atoms with Gasteiger partial charge < -0.3 is 14.8 Å². The quantitative estimate of drug-likeness (QED) is 0.508. The molecule has 4 aromatic rings. The summed E-state index contributed by atoms with van der Waals surface area (Å²) in [6.45, 7) is 1.71. The van der Waals surface area contributed by atoms with Crippen LogP contribution in [0.5, 0.6) is 11.5 Å². The van der Waals surface area contributed by atoms with Gasteiger partial charge >= 0.3 is 0 Å². The second kappa shape index (κ2) is 8.61. The molecule has 30 heavy (non-hydrogen) atoms. The number of hydrogen-bond acceptors (Lipinski definition) is 5. The number of nitrogens with one attached hydrogen (secondary N) is 1. The molecule has 0 aliphatic heterocycles. The fourth-order valence-electron chi connectivity index (χ4n) is 2.98. The van der Waals surface area contributed by atoms with Crippen LogP contribution < -0.4 is 14.8 Å². The van der Waals surface area contributed by atoms with E-state index in [2.05, 4.69) is 15.3 Å². The van der Waals surface area contributed by atoms with E-state index in [4.69, 9.17) is 9.47 Å². The van der Waals surface area contributed by atoms with Crippen LogP contribution in [0.25, 0.3) is 22.3 Å². The van der Waals surface area contributed by atoms with Gasteiger partial charge in [0, 0.05) is 11.3 Å². The first-order valence-corrected chi connectivity index (χ1v) is 9.56. The normalized spacial score (nSPS) is 11.7. The predicted molar refractivity (Wildman–Crippen MR) is 117 cm³/mol. The van der Waals surface area contributed by atoms with Crippen LogP contribution in [0, 0.1) is 0 Å². The third kappa shape index (κ3) is 4.38. The summed E-state index contributed by atoms with van der Waals surface area (Å²) in [6.07, 6.45) is 1.10. The Hall–Kier alpha value is -3.93. The molecular formula is C24H21N3O3. The lowest BCUT2D eigenvalue weighted by molar-refractivity contribution is -0.122. The molecule has 3 aromatic carbocycles. The van der Waals surface area contributed by atoms with E-state index in [0.717, 1.165) is 28.0 Å². The number of methoxy groups -OCH3 is 1. The molecule has 1 N–H and O–H groups in total. The molecule has 0 aliphatic carbocycles. The molecule has 4 rings (SSSR count). The van der Waals surface area contributed by atoms with E-state index in [1.807, 2.05) is 48.5 Å². The third-order valence-corrected chi connectivity index (χ3v) is 4.64. The van der Waals surface area contributed by atoms with Crippen LogP contribution in [0.1, 0.15) is 6.92 Å². The maximum atomic E-state index is 12.4. The Morgan fingerprint density at radius 2 is 1.57 bits per heavy atom. The Morgan fingerprint density at radius 1 is 0.900 bits per heavy atom. The Bertz CT molecular complexity index is 1160. The number of aromatic nitrogens is 2. The Morgan fingerprint density at radius 3 is 2.27 bits per heavy atom. The summed E-state index contributed by atoms with van der Waals surface area (Å²) in [5, 5.41) is 2.83. The summed E-state index contributed by atoms with van der Waals surface area (Å²) in [5.41, 5.74) is 4.10. The first-order chi connectivity index (χ1) is 14.6.